The smallest absolute Gasteiger partial charge is 0.290 e. The van der Waals surface area contributed by atoms with Crippen LogP contribution in [0.5, 0.6) is 0 Å². The number of carbonyl (C=O) groups is 3. The van der Waals surface area contributed by atoms with Gasteiger partial charge in [0.25, 0.3) is 12.4 Å². The normalized spacial score (nSPS) is 14.7. The summed E-state index contributed by atoms with van der Waals surface area (Å²) < 4.78 is 15.8. The van der Waals surface area contributed by atoms with E-state index in [1.165, 1.54) is 4.90 Å². The molecule has 9 heteroatoms. The Hall–Kier alpha value is -3.30. The van der Waals surface area contributed by atoms with Crippen LogP contribution in [0.4, 0.5) is 10.1 Å². The molecule has 238 valence electrons. The van der Waals surface area contributed by atoms with E-state index in [1.54, 1.807) is 12.1 Å². The van der Waals surface area contributed by atoms with E-state index >= 15 is 4.39 Å². The molecule has 2 amide bonds. The number of hydrogen-bond acceptors (Lipinski definition) is 5. The van der Waals surface area contributed by atoms with Gasteiger partial charge in [0.2, 0.25) is 5.91 Å². The van der Waals surface area contributed by atoms with Gasteiger partial charge >= 0.3 is 0 Å². The summed E-state index contributed by atoms with van der Waals surface area (Å²) in [6.45, 7) is 11.2. The van der Waals surface area contributed by atoms with E-state index in [0.29, 0.717) is 44.7 Å². The molecule has 0 spiro atoms. The maximum Gasteiger partial charge on any atom is 0.290 e. The van der Waals surface area contributed by atoms with E-state index in [1.807, 2.05) is 37.3 Å². The number of β-amino-alcohol motifs (C(OH)–C–C–N with tert-alkyl or cyclic N) is 1. The number of nitrogens with zero attached hydrogens (tertiary/aromatic N) is 1. The summed E-state index contributed by atoms with van der Waals surface area (Å²) >= 11 is 0. The third-order valence-electron chi connectivity index (χ3n) is 7.71. The molecule has 0 aliphatic carbocycles. The van der Waals surface area contributed by atoms with Crippen molar-refractivity contribution < 1.29 is 29.0 Å². The maximum absolute atomic E-state index is 15.8. The standard InChI is InChI=1S/C33H48FN3O3.CH2O2/c1-6-12-25-19-26(31(34)28(21-25)37-18-11-16-30(37)39)32(40)36-27(20-24-14-8-7-9-15-24)29(38)22-35-33(4,5)17-10-13-23(2)3;2-1-3/h7-9,14-15,19,21,23,27,29,35,38H,6,10-13,16-18,20,22H2,1-5H3,(H,36,40);1H,(H,2,3)/t27-,29+;/m0./s1. The number of halogens is 1. The second-order valence-electron chi connectivity index (χ2n) is 12.4. The maximum atomic E-state index is 15.8. The highest BCUT2D eigenvalue weighted by atomic mass is 19.1. The molecular formula is C34H50FN3O5. The highest BCUT2D eigenvalue weighted by Crippen LogP contribution is 2.29. The van der Waals surface area contributed by atoms with Crippen molar-refractivity contribution in [3.05, 3.63) is 65.0 Å². The molecule has 0 saturated carbocycles. The van der Waals surface area contributed by atoms with Crippen LogP contribution in [0.2, 0.25) is 0 Å². The lowest BCUT2D eigenvalue weighted by Gasteiger charge is -2.31. The Labute approximate surface area is 256 Å². The Bertz CT molecular complexity index is 1170. The molecular weight excluding hydrogens is 549 g/mol. The van der Waals surface area contributed by atoms with Crippen LogP contribution in [0.1, 0.15) is 94.6 Å². The third-order valence-corrected chi connectivity index (χ3v) is 7.71. The summed E-state index contributed by atoms with van der Waals surface area (Å²) in [6.07, 6.45) is 5.26. The van der Waals surface area contributed by atoms with Crippen LogP contribution < -0.4 is 15.5 Å². The highest BCUT2D eigenvalue weighted by molar-refractivity contribution is 6.00. The molecule has 2 atom stereocenters. The fourth-order valence-corrected chi connectivity index (χ4v) is 5.33. The second-order valence-corrected chi connectivity index (χ2v) is 12.4. The summed E-state index contributed by atoms with van der Waals surface area (Å²) in [7, 11) is 0. The summed E-state index contributed by atoms with van der Waals surface area (Å²) in [5.41, 5.74) is 1.69. The predicted molar refractivity (Wildman–Crippen MR) is 169 cm³/mol. The van der Waals surface area contributed by atoms with Crippen LogP contribution in [0.25, 0.3) is 0 Å². The van der Waals surface area contributed by atoms with Gasteiger partial charge in [0.1, 0.15) is 0 Å². The number of hydrogen-bond donors (Lipinski definition) is 4. The lowest BCUT2D eigenvalue weighted by molar-refractivity contribution is -0.123. The van der Waals surface area contributed by atoms with E-state index in [-0.39, 0.29) is 29.2 Å². The molecule has 0 radical (unpaired) electrons. The highest BCUT2D eigenvalue weighted by Gasteiger charge is 2.30. The van der Waals surface area contributed by atoms with Gasteiger partial charge in [-0.3, -0.25) is 14.4 Å². The minimum absolute atomic E-state index is 0.0899. The van der Waals surface area contributed by atoms with Gasteiger partial charge in [0.15, 0.2) is 5.82 Å². The van der Waals surface area contributed by atoms with Gasteiger partial charge in [0.05, 0.1) is 23.4 Å². The largest absolute Gasteiger partial charge is 0.483 e. The van der Waals surface area contributed by atoms with E-state index in [2.05, 4.69) is 38.3 Å². The molecule has 43 heavy (non-hydrogen) atoms. The molecule has 0 unspecified atom stereocenters. The zero-order valence-corrected chi connectivity index (χ0v) is 26.4. The number of aryl methyl sites for hydroxylation is 1. The Kier molecular flexibility index (Phi) is 14.8. The molecule has 1 aliphatic heterocycles. The Morgan fingerprint density at radius 3 is 2.42 bits per heavy atom. The van der Waals surface area contributed by atoms with Gasteiger partial charge in [-0.1, -0.05) is 70.4 Å². The number of benzene rings is 2. The fourth-order valence-electron chi connectivity index (χ4n) is 5.33. The fraction of sp³-hybridized carbons (Fsp3) is 0.559. The van der Waals surface area contributed by atoms with Crippen LogP contribution in [0.3, 0.4) is 0 Å². The molecule has 1 heterocycles. The van der Waals surface area contributed by atoms with Gasteiger partial charge in [-0.05, 0) is 68.7 Å². The molecule has 1 fully saturated rings. The number of carboxylic acid groups (broad SMARTS) is 1. The minimum atomic E-state index is -0.893. The first kappa shape index (κ1) is 35.9. The van der Waals surface area contributed by atoms with E-state index in [9.17, 15) is 14.7 Å². The van der Waals surface area contributed by atoms with Crippen molar-refractivity contribution in [3.63, 3.8) is 0 Å². The Morgan fingerprint density at radius 1 is 1.16 bits per heavy atom. The SMILES string of the molecule is CCCc1cc(C(=O)N[C@@H](Cc2ccccc2)[C@H](O)CNC(C)(C)CCCC(C)C)c(F)c(N2CCCC2=O)c1.O=CO. The van der Waals surface area contributed by atoms with Gasteiger partial charge in [-0.2, -0.15) is 0 Å². The first-order valence-electron chi connectivity index (χ1n) is 15.4. The van der Waals surface area contributed by atoms with Crippen molar-refractivity contribution in [1.82, 2.24) is 10.6 Å². The Morgan fingerprint density at radius 2 is 1.84 bits per heavy atom. The summed E-state index contributed by atoms with van der Waals surface area (Å²) in [6, 6.07) is 12.3. The van der Waals surface area contributed by atoms with Gasteiger partial charge in [0, 0.05) is 25.0 Å². The predicted octanol–water partition coefficient (Wildman–Crippen LogP) is 5.50. The quantitative estimate of drug-likeness (QED) is 0.201. The van der Waals surface area contributed by atoms with E-state index < -0.39 is 23.9 Å². The van der Waals surface area contributed by atoms with Crippen LogP contribution >= 0.6 is 0 Å². The average molecular weight is 600 g/mol. The monoisotopic (exact) mass is 599 g/mol. The number of aliphatic hydroxyl groups excluding tert-OH is 1. The van der Waals surface area contributed by atoms with E-state index in [4.69, 9.17) is 9.90 Å². The number of anilines is 1. The lowest BCUT2D eigenvalue weighted by atomic mass is 9.93. The molecule has 8 nitrogen and oxygen atoms in total. The minimum Gasteiger partial charge on any atom is -0.483 e. The van der Waals surface area contributed by atoms with Crippen molar-refractivity contribution in [2.24, 2.45) is 5.92 Å². The number of nitrogens with one attached hydrogen (secondary N) is 2. The molecule has 2 aromatic rings. The van der Waals surface area contributed by atoms with Crippen LogP contribution in [0.15, 0.2) is 42.5 Å². The van der Waals surface area contributed by atoms with Crippen LogP contribution in [-0.2, 0) is 22.4 Å². The zero-order chi connectivity index (χ0) is 32.0. The number of rotatable bonds is 15. The molecule has 4 N–H and O–H groups in total. The van der Waals surface area contributed by atoms with Crippen molar-refractivity contribution in [2.75, 3.05) is 18.0 Å². The van der Waals surface area contributed by atoms with Crippen molar-refractivity contribution in [2.45, 2.75) is 104 Å². The Balaban J connectivity index is 0.00000206. The molecule has 3 rings (SSSR count). The number of amides is 2. The first-order chi connectivity index (χ1) is 20.4. The lowest BCUT2D eigenvalue weighted by Crippen LogP contribution is -2.52. The number of carbonyl (C=O) groups excluding carboxylic acids is 2. The van der Waals surface area contributed by atoms with Crippen molar-refractivity contribution in [3.8, 4) is 0 Å². The van der Waals surface area contributed by atoms with Crippen molar-refractivity contribution >= 4 is 24.0 Å². The summed E-state index contributed by atoms with van der Waals surface area (Å²) in [5.74, 6) is -0.755. The second kappa shape index (κ2) is 17.7. The van der Waals surface area contributed by atoms with Gasteiger partial charge in [-0.25, -0.2) is 4.39 Å². The average Bonchev–Trinajstić information content (AvgIpc) is 3.38. The molecule has 0 aromatic heterocycles. The molecule has 2 aromatic carbocycles. The van der Waals surface area contributed by atoms with Gasteiger partial charge in [-0.15, -0.1) is 0 Å². The number of aliphatic hydroxyl groups is 1. The van der Waals surface area contributed by atoms with Gasteiger partial charge < -0.3 is 25.7 Å². The summed E-state index contributed by atoms with van der Waals surface area (Å²) in [5, 5.41) is 24.6. The molecule has 1 saturated heterocycles. The molecule has 1 aliphatic rings. The van der Waals surface area contributed by atoms with Crippen molar-refractivity contribution in [1.29, 1.82) is 0 Å². The van der Waals surface area contributed by atoms with Crippen LogP contribution in [0, 0.1) is 11.7 Å². The van der Waals surface area contributed by atoms with Crippen LogP contribution in [-0.4, -0.2) is 59.3 Å². The third kappa shape index (κ3) is 11.7. The summed E-state index contributed by atoms with van der Waals surface area (Å²) in [4.78, 5) is 35.8. The first-order valence-corrected chi connectivity index (χ1v) is 15.4. The topological polar surface area (TPSA) is 119 Å². The molecule has 0 bridgehead atoms. The zero-order valence-electron chi connectivity index (χ0n) is 26.4. The van der Waals surface area contributed by atoms with E-state index in [0.717, 1.165) is 36.8 Å².